The van der Waals surface area contributed by atoms with Crippen LogP contribution in [-0.4, -0.2) is 27.5 Å². The summed E-state index contributed by atoms with van der Waals surface area (Å²) in [6.45, 7) is -0.802. The molecule has 0 aliphatic heterocycles. The van der Waals surface area contributed by atoms with Crippen LogP contribution in [0, 0.1) is 11.6 Å². The van der Waals surface area contributed by atoms with Crippen LogP contribution in [0.15, 0.2) is 18.3 Å². The van der Waals surface area contributed by atoms with E-state index in [1.807, 2.05) is 0 Å². The summed E-state index contributed by atoms with van der Waals surface area (Å²) in [4.78, 5) is 13.7. The number of halogens is 5. The molecule has 0 amide bonds. The minimum atomic E-state index is -4.75. The van der Waals surface area contributed by atoms with Crippen LogP contribution in [0.3, 0.4) is 0 Å². The number of carboxylic acids is 1. The maximum Gasteiger partial charge on any atom is 0.427 e. The fourth-order valence-corrected chi connectivity index (χ4v) is 4.18. The Balaban J connectivity index is 1.90. The SMILES string of the molecule is COc1ncc(-c2nsc(C(F)(F)F)c2COc2c(F)cc(CCC(=O)O)cc2F)s1. The Bertz CT molecular complexity index is 1070. The normalized spacial score (nSPS) is 11.5. The molecule has 1 aromatic carbocycles. The van der Waals surface area contributed by atoms with Crippen molar-refractivity contribution >= 4 is 28.8 Å². The molecule has 3 rings (SSSR count). The summed E-state index contributed by atoms with van der Waals surface area (Å²) in [5.74, 6) is -4.32. The van der Waals surface area contributed by atoms with Crippen molar-refractivity contribution in [2.24, 2.45) is 0 Å². The van der Waals surface area contributed by atoms with Gasteiger partial charge in [0.25, 0.3) is 5.19 Å². The second-order valence-corrected chi connectivity index (χ2v) is 7.87. The van der Waals surface area contributed by atoms with Crippen LogP contribution in [-0.2, 0) is 24.0 Å². The molecule has 0 bridgehead atoms. The number of alkyl halides is 3. The number of aromatic nitrogens is 2. The minimum absolute atomic E-state index is 0.0722. The topological polar surface area (TPSA) is 81.5 Å². The Hall–Kier alpha value is -2.80. The Morgan fingerprint density at radius 1 is 1.23 bits per heavy atom. The lowest BCUT2D eigenvalue weighted by Crippen LogP contribution is -2.09. The van der Waals surface area contributed by atoms with E-state index in [-0.39, 0.29) is 45.7 Å². The van der Waals surface area contributed by atoms with Gasteiger partial charge in [0.15, 0.2) is 17.4 Å². The van der Waals surface area contributed by atoms with Crippen LogP contribution in [0.25, 0.3) is 10.6 Å². The van der Waals surface area contributed by atoms with Crippen molar-refractivity contribution in [1.82, 2.24) is 9.36 Å². The average Bonchev–Trinajstić information content (AvgIpc) is 3.31. The summed E-state index contributed by atoms with van der Waals surface area (Å²) in [5, 5.41) is 8.87. The van der Waals surface area contributed by atoms with Crippen molar-refractivity contribution in [1.29, 1.82) is 0 Å². The summed E-state index contributed by atoms with van der Waals surface area (Å²) in [7, 11) is 1.35. The average molecular weight is 480 g/mol. The lowest BCUT2D eigenvalue weighted by molar-refractivity contribution is -0.137. The van der Waals surface area contributed by atoms with E-state index in [0.717, 1.165) is 23.5 Å². The zero-order chi connectivity index (χ0) is 22.8. The van der Waals surface area contributed by atoms with Crippen molar-refractivity contribution in [2.45, 2.75) is 25.6 Å². The molecule has 0 atom stereocenters. The highest BCUT2D eigenvalue weighted by molar-refractivity contribution is 7.17. The van der Waals surface area contributed by atoms with Gasteiger partial charge in [-0.2, -0.15) is 17.5 Å². The van der Waals surface area contributed by atoms with Gasteiger partial charge in [-0.15, -0.1) is 0 Å². The third-order valence-corrected chi connectivity index (χ3v) is 5.88. The van der Waals surface area contributed by atoms with Crippen LogP contribution in [0.1, 0.15) is 22.4 Å². The first kappa shape index (κ1) is 22.9. The second-order valence-electron chi connectivity index (χ2n) is 6.10. The smallest absolute Gasteiger partial charge is 0.427 e. The summed E-state index contributed by atoms with van der Waals surface area (Å²) >= 11 is 1.14. The number of carbonyl (C=O) groups is 1. The van der Waals surface area contributed by atoms with Gasteiger partial charge in [0.2, 0.25) is 0 Å². The van der Waals surface area contributed by atoms with E-state index < -0.39 is 46.6 Å². The van der Waals surface area contributed by atoms with Gasteiger partial charge in [0.1, 0.15) is 17.2 Å². The Kier molecular flexibility index (Phi) is 6.74. The van der Waals surface area contributed by atoms with Crippen LogP contribution in [0.4, 0.5) is 22.0 Å². The zero-order valence-corrected chi connectivity index (χ0v) is 17.3. The number of benzene rings is 1. The number of rotatable bonds is 8. The summed E-state index contributed by atoms with van der Waals surface area (Å²) in [6, 6.07) is 1.76. The molecule has 0 unspecified atom stereocenters. The molecule has 0 fully saturated rings. The van der Waals surface area contributed by atoms with E-state index in [4.69, 9.17) is 14.6 Å². The molecule has 0 aliphatic carbocycles. The van der Waals surface area contributed by atoms with Gasteiger partial charge < -0.3 is 14.6 Å². The van der Waals surface area contributed by atoms with Gasteiger partial charge >= 0.3 is 12.1 Å². The number of hydrogen-bond acceptors (Lipinski definition) is 7. The maximum atomic E-state index is 14.3. The predicted octanol–water partition coefficient (Wildman–Crippen LogP) is 5.17. The highest BCUT2D eigenvalue weighted by Crippen LogP contribution is 2.42. The van der Waals surface area contributed by atoms with Crippen LogP contribution >= 0.6 is 22.9 Å². The molecule has 2 heterocycles. The highest BCUT2D eigenvalue weighted by Gasteiger charge is 2.38. The number of carboxylic acid groups (broad SMARTS) is 1. The Morgan fingerprint density at radius 2 is 1.90 bits per heavy atom. The Morgan fingerprint density at radius 3 is 2.45 bits per heavy atom. The monoisotopic (exact) mass is 480 g/mol. The molecule has 0 spiro atoms. The number of hydrogen-bond donors (Lipinski definition) is 1. The van der Waals surface area contributed by atoms with Crippen LogP contribution in [0.5, 0.6) is 10.9 Å². The van der Waals surface area contributed by atoms with Gasteiger partial charge in [-0.1, -0.05) is 11.3 Å². The van der Waals surface area contributed by atoms with Gasteiger partial charge in [-0.3, -0.25) is 4.79 Å². The lowest BCUT2D eigenvalue weighted by Gasteiger charge is -2.12. The number of aliphatic carboxylic acids is 1. The molecule has 6 nitrogen and oxygen atoms in total. The zero-order valence-electron chi connectivity index (χ0n) is 15.6. The molecule has 3 aromatic rings. The number of ether oxygens (including phenoxy) is 2. The molecule has 2 aromatic heterocycles. The van der Waals surface area contributed by atoms with Crippen LogP contribution < -0.4 is 9.47 Å². The van der Waals surface area contributed by atoms with Gasteiger partial charge in [-0.05, 0) is 35.6 Å². The third-order valence-electron chi connectivity index (χ3n) is 3.98. The first-order valence-electron chi connectivity index (χ1n) is 8.48. The minimum Gasteiger partial charge on any atom is -0.483 e. The molecule has 0 radical (unpaired) electrons. The van der Waals surface area contributed by atoms with Crippen molar-refractivity contribution in [3.63, 3.8) is 0 Å². The number of methoxy groups -OCH3 is 1. The Labute approximate surface area is 180 Å². The molecule has 0 saturated heterocycles. The van der Waals surface area contributed by atoms with E-state index in [0.29, 0.717) is 0 Å². The fraction of sp³-hybridized carbons (Fsp3) is 0.278. The quantitative estimate of drug-likeness (QED) is 0.448. The number of aryl methyl sites for hydroxylation is 1. The summed E-state index contributed by atoms with van der Waals surface area (Å²) < 4.78 is 82.7. The molecule has 31 heavy (non-hydrogen) atoms. The molecule has 1 N–H and O–H groups in total. The number of thiazole rings is 1. The van der Waals surface area contributed by atoms with E-state index in [2.05, 4.69) is 9.36 Å². The predicted molar refractivity (Wildman–Crippen MR) is 101 cm³/mol. The van der Waals surface area contributed by atoms with Crippen LogP contribution in [0.2, 0.25) is 0 Å². The second kappa shape index (κ2) is 9.14. The van der Waals surface area contributed by atoms with Crippen molar-refractivity contribution in [2.75, 3.05) is 7.11 Å². The first-order chi connectivity index (χ1) is 14.6. The molecule has 0 saturated carbocycles. The van der Waals surface area contributed by atoms with Crippen molar-refractivity contribution < 1.29 is 41.3 Å². The van der Waals surface area contributed by atoms with E-state index in [9.17, 15) is 26.7 Å². The maximum absolute atomic E-state index is 14.3. The molecule has 166 valence electrons. The van der Waals surface area contributed by atoms with Gasteiger partial charge in [0, 0.05) is 12.0 Å². The number of nitrogens with zero attached hydrogens (tertiary/aromatic N) is 2. The lowest BCUT2D eigenvalue weighted by atomic mass is 10.1. The van der Waals surface area contributed by atoms with Gasteiger partial charge in [-0.25, -0.2) is 13.8 Å². The van der Waals surface area contributed by atoms with Crippen molar-refractivity contribution in [3.05, 3.63) is 46.0 Å². The fourth-order valence-electron chi connectivity index (χ4n) is 2.61. The molecular weight excluding hydrogens is 467 g/mol. The first-order valence-corrected chi connectivity index (χ1v) is 10.1. The van der Waals surface area contributed by atoms with E-state index >= 15 is 0 Å². The van der Waals surface area contributed by atoms with Gasteiger partial charge in [0.05, 0.1) is 18.2 Å². The largest absolute Gasteiger partial charge is 0.483 e. The summed E-state index contributed by atoms with van der Waals surface area (Å²) in [5.41, 5.74) is -0.384. The molecular formula is C18H13F5N2O4S2. The van der Waals surface area contributed by atoms with Crippen molar-refractivity contribution in [3.8, 4) is 21.5 Å². The standard InChI is InChI=1S/C18H13F5N2O4S2/c1-28-17-24-6-12(30-17)14-9(16(31-25-14)18(21,22)23)7-29-15-10(19)4-8(5-11(15)20)2-3-13(26)27/h4-6H,2-3,7H2,1H3,(H,26,27). The van der Waals surface area contributed by atoms with E-state index in [1.165, 1.54) is 13.3 Å². The molecule has 13 heteroatoms. The van der Waals surface area contributed by atoms with E-state index in [1.54, 1.807) is 0 Å². The molecule has 0 aliphatic rings. The third kappa shape index (κ3) is 5.28. The highest BCUT2D eigenvalue weighted by atomic mass is 32.1. The summed E-state index contributed by atoms with van der Waals surface area (Å²) in [6.07, 6.45) is -3.93.